The van der Waals surface area contributed by atoms with Crippen LogP contribution in [0.25, 0.3) is 0 Å². The zero-order valence-corrected chi connectivity index (χ0v) is 10.7. The van der Waals surface area contributed by atoms with E-state index in [0.717, 1.165) is 17.7 Å². The minimum Gasteiger partial charge on any atom is -0.445 e. The zero-order chi connectivity index (χ0) is 12.7. The Morgan fingerprint density at radius 1 is 1.29 bits per heavy atom. The highest BCUT2D eigenvalue weighted by Gasteiger charge is 2.04. The van der Waals surface area contributed by atoms with Gasteiger partial charge in [0.2, 0.25) is 0 Å². The van der Waals surface area contributed by atoms with Crippen molar-refractivity contribution in [1.82, 2.24) is 10.6 Å². The van der Waals surface area contributed by atoms with Crippen LogP contribution in [0.15, 0.2) is 18.2 Å². The Kier molecular flexibility index (Phi) is 5.49. The van der Waals surface area contributed by atoms with Gasteiger partial charge in [-0.3, -0.25) is 0 Å². The summed E-state index contributed by atoms with van der Waals surface area (Å²) in [6.07, 6.45) is -0.374. The fraction of sp³-hybridized carbons (Fsp3) is 0.462. The first-order valence-electron chi connectivity index (χ1n) is 5.75. The fourth-order valence-corrected chi connectivity index (χ4v) is 1.44. The second kappa shape index (κ2) is 6.91. The van der Waals surface area contributed by atoms with Gasteiger partial charge in [-0.25, -0.2) is 4.79 Å². The Bertz CT molecular complexity index is 378. The number of amides is 1. The molecule has 0 atom stereocenters. The molecule has 1 rings (SSSR count). The van der Waals surface area contributed by atoms with Crippen LogP contribution in [0.1, 0.15) is 16.7 Å². The van der Waals surface area contributed by atoms with Gasteiger partial charge >= 0.3 is 6.09 Å². The van der Waals surface area contributed by atoms with Crippen LogP contribution in [0.3, 0.4) is 0 Å². The lowest BCUT2D eigenvalue weighted by Gasteiger charge is -2.09. The number of hydrogen-bond acceptors (Lipinski definition) is 3. The quantitative estimate of drug-likeness (QED) is 0.766. The minimum absolute atomic E-state index is 0.318. The summed E-state index contributed by atoms with van der Waals surface area (Å²) in [6, 6.07) is 6.12. The van der Waals surface area contributed by atoms with E-state index < -0.39 is 0 Å². The van der Waals surface area contributed by atoms with Gasteiger partial charge in [0, 0.05) is 13.1 Å². The number of ether oxygens (including phenoxy) is 1. The van der Waals surface area contributed by atoms with Crippen LogP contribution in [0.5, 0.6) is 0 Å². The highest BCUT2D eigenvalue weighted by Crippen LogP contribution is 2.11. The van der Waals surface area contributed by atoms with Crippen molar-refractivity contribution >= 4 is 6.09 Å². The summed E-state index contributed by atoms with van der Waals surface area (Å²) in [6.45, 7) is 5.66. The van der Waals surface area contributed by atoms with Crippen LogP contribution in [0, 0.1) is 13.8 Å². The molecule has 0 spiro atoms. The molecule has 0 aliphatic heterocycles. The van der Waals surface area contributed by atoms with Crippen LogP contribution < -0.4 is 10.6 Å². The SMILES string of the molecule is CNCCNC(=O)OCc1cc(C)ccc1C. The molecule has 1 aromatic carbocycles. The lowest BCUT2D eigenvalue weighted by molar-refractivity contribution is 0.139. The standard InChI is InChI=1S/C13H20N2O2/c1-10-4-5-11(2)12(8-10)9-17-13(16)15-7-6-14-3/h4-5,8,14H,6-7,9H2,1-3H3,(H,15,16). The molecule has 94 valence electrons. The fourth-order valence-electron chi connectivity index (χ4n) is 1.44. The summed E-state index contributed by atoms with van der Waals surface area (Å²) in [4.78, 5) is 11.3. The van der Waals surface area contributed by atoms with Gasteiger partial charge in [0.05, 0.1) is 0 Å². The lowest BCUT2D eigenvalue weighted by Crippen LogP contribution is -2.30. The van der Waals surface area contributed by atoms with Crippen LogP contribution in [0.4, 0.5) is 4.79 Å². The van der Waals surface area contributed by atoms with Crippen molar-refractivity contribution in [2.24, 2.45) is 0 Å². The van der Waals surface area contributed by atoms with E-state index in [1.54, 1.807) is 0 Å². The van der Waals surface area contributed by atoms with Crippen molar-refractivity contribution in [2.45, 2.75) is 20.5 Å². The Morgan fingerprint density at radius 3 is 2.76 bits per heavy atom. The number of nitrogens with one attached hydrogen (secondary N) is 2. The largest absolute Gasteiger partial charge is 0.445 e. The topological polar surface area (TPSA) is 50.4 Å². The molecule has 4 heteroatoms. The molecule has 0 bridgehead atoms. The van der Waals surface area contributed by atoms with Gasteiger partial charge in [-0.1, -0.05) is 23.8 Å². The molecule has 2 N–H and O–H groups in total. The number of aryl methyl sites for hydroxylation is 2. The van der Waals surface area contributed by atoms with Gasteiger partial charge in [0.1, 0.15) is 6.61 Å². The third-order valence-corrected chi connectivity index (χ3v) is 2.51. The summed E-state index contributed by atoms with van der Waals surface area (Å²) in [7, 11) is 1.84. The van der Waals surface area contributed by atoms with Crippen molar-refractivity contribution in [3.05, 3.63) is 34.9 Å². The van der Waals surface area contributed by atoms with Gasteiger partial charge in [-0.2, -0.15) is 0 Å². The molecule has 0 fully saturated rings. The molecule has 4 nitrogen and oxygen atoms in total. The summed E-state index contributed by atoms with van der Waals surface area (Å²) in [5.74, 6) is 0. The molecule has 0 aliphatic rings. The molecular weight excluding hydrogens is 216 g/mol. The molecule has 1 amide bonds. The van der Waals surface area contributed by atoms with Gasteiger partial charge in [0.25, 0.3) is 0 Å². The van der Waals surface area contributed by atoms with Crippen molar-refractivity contribution in [1.29, 1.82) is 0 Å². The van der Waals surface area contributed by atoms with E-state index in [1.165, 1.54) is 5.56 Å². The summed E-state index contributed by atoms with van der Waals surface area (Å²) in [5, 5.41) is 5.61. The van der Waals surface area contributed by atoms with Crippen LogP contribution in [0.2, 0.25) is 0 Å². The number of alkyl carbamates (subject to hydrolysis) is 1. The maximum Gasteiger partial charge on any atom is 0.407 e. The lowest BCUT2D eigenvalue weighted by atomic mass is 10.1. The van der Waals surface area contributed by atoms with E-state index in [9.17, 15) is 4.79 Å². The highest BCUT2D eigenvalue weighted by molar-refractivity contribution is 5.67. The third-order valence-electron chi connectivity index (χ3n) is 2.51. The number of carbonyl (C=O) groups excluding carboxylic acids is 1. The van der Waals surface area contributed by atoms with Gasteiger partial charge in [-0.05, 0) is 32.0 Å². The second-order valence-electron chi connectivity index (χ2n) is 4.04. The van der Waals surface area contributed by atoms with Gasteiger partial charge in [0.15, 0.2) is 0 Å². The number of benzene rings is 1. The first-order chi connectivity index (χ1) is 8.13. The molecule has 0 aliphatic carbocycles. The van der Waals surface area contributed by atoms with E-state index in [0.29, 0.717) is 13.2 Å². The molecule has 0 saturated heterocycles. The zero-order valence-electron chi connectivity index (χ0n) is 10.7. The predicted molar refractivity (Wildman–Crippen MR) is 68.0 cm³/mol. The molecule has 0 aromatic heterocycles. The molecule has 0 heterocycles. The third kappa shape index (κ3) is 4.87. The number of carbonyl (C=O) groups is 1. The van der Waals surface area contributed by atoms with Crippen molar-refractivity contribution in [3.8, 4) is 0 Å². The smallest absolute Gasteiger partial charge is 0.407 e. The van der Waals surface area contributed by atoms with E-state index >= 15 is 0 Å². The molecule has 1 aromatic rings. The van der Waals surface area contributed by atoms with E-state index in [-0.39, 0.29) is 6.09 Å². The summed E-state index contributed by atoms with van der Waals surface area (Å²) >= 11 is 0. The number of likely N-dealkylation sites (N-methyl/N-ethyl adjacent to an activating group) is 1. The molecule has 0 unspecified atom stereocenters. The van der Waals surface area contributed by atoms with Crippen LogP contribution >= 0.6 is 0 Å². The Hall–Kier alpha value is -1.55. The van der Waals surface area contributed by atoms with Gasteiger partial charge in [-0.15, -0.1) is 0 Å². The highest BCUT2D eigenvalue weighted by atomic mass is 16.5. The first kappa shape index (κ1) is 13.5. The monoisotopic (exact) mass is 236 g/mol. The molecule has 0 saturated carbocycles. The first-order valence-corrected chi connectivity index (χ1v) is 5.75. The summed E-state index contributed by atoms with van der Waals surface area (Å²) in [5.41, 5.74) is 3.36. The Morgan fingerprint density at radius 2 is 2.06 bits per heavy atom. The predicted octanol–water partition coefficient (Wildman–Crippen LogP) is 1.75. The normalized spacial score (nSPS) is 10.1. The van der Waals surface area contributed by atoms with E-state index in [2.05, 4.69) is 10.6 Å². The second-order valence-corrected chi connectivity index (χ2v) is 4.04. The van der Waals surface area contributed by atoms with E-state index in [1.807, 2.05) is 39.1 Å². The molecular formula is C13H20N2O2. The minimum atomic E-state index is -0.374. The van der Waals surface area contributed by atoms with Crippen LogP contribution in [-0.4, -0.2) is 26.2 Å². The van der Waals surface area contributed by atoms with Crippen LogP contribution in [-0.2, 0) is 11.3 Å². The Labute approximate surface area is 102 Å². The summed E-state index contributed by atoms with van der Waals surface area (Å²) < 4.78 is 5.13. The Balaban J connectivity index is 2.39. The average molecular weight is 236 g/mol. The number of hydrogen-bond donors (Lipinski definition) is 2. The van der Waals surface area contributed by atoms with Crippen molar-refractivity contribution in [2.75, 3.05) is 20.1 Å². The van der Waals surface area contributed by atoms with Crippen molar-refractivity contribution in [3.63, 3.8) is 0 Å². The van der Waals surface area contributed by atoms with Crippen molar-refractivity contribution < 1.29 is 9.53 Å². The number of rotatable bonds is 5. The van der Waals surface area contributed by atoms with Gasteiger partial charge < -0.3 is 15.4 Å². The maximum absolute atomic E-state index is 11.3. The molecule has 0 radical (unpaired) electrons. The molecule has 17 heavy (non-hydrogen) atoms. The maximum atomic E-state index is 11.3. The average Bonchev–Trinajstić information content (AvgIpc) is 2.31. The van der Waals surface area contributed by atoms with E-state index in [4.69, 9.17) is 4.74 Å².